The third-order valence-electron chi connectivity index (χ3n) is 2.86. The highest BCUT2D eigenvalue weighted by Crippen LogP contribution is 2.03. The van der Waals surface area contributed by atoms with Gasteiger partial charge in [-0.3, -0.25) is 14.6 Å². The van der Waals surface area contributed by atoms with E-state index < -0.39 is 18.0 Å². The Hall–Kier alpha value is -2.44. The fourth-order valence-electron chi connectivity index (χ4n) is 1.69. The van der Waals surface area contributed by atoms with Crippen LogP contribution in [0.1, 0.15) is 24.8 Å². The first-order valence-electron chi connectivity index (χ1n) is 6.51. The first-order valence-corrected chi connectivity index (χ1v) is 6.51. The zero-order valence-corrected chi connectivity index (χ0v) is 11.7. The highest BCUT2D eigenvalue weighted by Gasteiger charge is 2.21. The summed E-state index contributed by atoms with van der Waals surface area (Å²) in [5, 5.41) is 11.4. The van der Waals surface area contributed by atoms with Gasteiger partial charge in [-0.15, -0.1) is 0 Å². The summed E-state index contributed by atoms with van der Waals surface area (Å²) < 4.78 is 4.44. The third kappa shape index (κ3) is 6.51. The molecule has 0 radical (unpaired) electrons. The van der Waals surface area contributed by atoms with Gasteiger partial charge in [-0.05, 0) is 24.5 Å². The standard InChI is InChI=1S/C14H18N2O5/c1-21-13(18)7-5-11(14(19)20)16-12(17)6-4-10-3-2-8-15-9-10/h2-3,8-9,11H,4-7H2,1H3,(H,16,17)(H,19,20). The number of hydrogen-bond acceptors (Lipinski definition) is 5. The molecule has 0 aliphatic carbocycles. The van der Waals surface area contributed by atoms with Crippen LogP contribution in [0.3, 0.4) is 0 Å². The number of aromatic nitrogens is 1. The molecule has 1 aromatic heterocycles. The molecule has 1 atom stereocenters. The molecule has 0 spiro atoms. The van der Waals surface area contributed by atoms with Gasteiger partial charge in [0.1, 0.15) is 6.04 Å². The molecule has 114 valence electrons. The lowest BCUT2D eigenvalue weighted by Gasteiger charge is -2.13. The van der Waals surface area contributed by atoms with Crippen LogP contribution in [0.25, 0.3) is 0 Å². The molecule has 0 aliphatic rings. The Kier molecular flexibility index (Phi) is 6.86. The fraction of sp³-hybridized carbons (Fsp3) is 0.429. The Morgan fingerprint density at radius 1 is 1.38 bits per heavy atom. The van der Waals surface area contributed by atoms with Crippen LogP contribution in [0, 0.1) is 0 Å². The second kappa shape index (κ2) is 8.68. The normalized spacial score (nSPS) is 11.5. The van der Waals surface area contributed by atoms with Gasteiger partial charge in [0.25, 0.3) is 0 Å². The molecule has 1 heterocycles. The Morgan fingerprint density at radius 3 is 2.71 bits per heavy atom. The predicted molar refractivity (Wildman–Crippen MR) is 73.4 cm³/mol. The van der Waals surface area contributed by atoms with Gasteiger partial charge in [0.2, 0.25) is 5.91 Å². The van der Waals surface area contributed by atoms with E-state index in [4.69, 9.17) is 5.11 Å². The predicted octanol–water partition coefficient (Wildman–Crippen LogP) is 0.537. The molecule has 7 nitrogen and oxygen atoms in total. The fourth-order valence-corrected chi connectivity index (χ4v) is 1.69. The van der Waals surface area contributed by atoms with Crippen LogP contribution in [0.2, 0.25) is 0 Å². The van der Waals surface area contributed by atoms with Crippen LogP contribution < -0.4 is 5.32 Å². The summed E-state index contributed by atoms with van der Waals surface area (Å²) in [6, 6.07) is 2.51. The second-order valence-corrected chi connectivity index (χ2v) is 4.43. The van der Waals surface area contributed by atoms with Crippen molar-refractivity contribution in [1.82, 2.24) is 10.3 Å². The van der Waals surface area contributed by atoms with Crippen LogP contribution in [0.5, 0.6) is 0 Å². The first kappa shape index (κ1) is 16.6. The number of pyridine rings is 1. The van der Waals surface area contributed by atoms with Crippen molar-refractivity contribution in [2.75, 3.05) is 7.11 Å². The number of nitrogens with one attached hydrogen (secondary N) is 1. The molecule has 0 aliphatic heterocycles. The topological polar surface area (TPSA) is 106 Å². The van der Waals surface area contributed by atoms with E-state index in [0.29, 0.717) is 6.42 Å². The maximum atomic E-state index is 11.7. The molecular weight excluding hydrogens is 276 g/mol. The van der Waals surface area contributed by atoms with E-state index in [2.05, 4.69) is 15.0 Å². The summed E-state index contributed by atoms with van der Waals surface area (Å²) in [5.74, 6) is -2.06. The number of ether oxygens (including phenoxy) is 1. The number of esters is 1. The van der Waals surface area contributed by atoms with Gasteiger partial charge < -0.3 is 15.2 Å². The van der Waals surface area contributed by atoms with E-state index in [1.807, 2.05) is 6.07 Å². The van der Waals surface area contributed by atoms with E-state index >= 15 is 0 Å². The van der Waals surface area contributed by atoms with Gasteiger partial charge in [0, 0.05) is 25.2 Å². The Balaban J connectivity index is 2.41. The van der Waals surface area contributed by atoms with Crippen LogP contribution >= 0.6 is 0 Å². The van der Waals surface area contributed by atoms with Crippen molar-refractivity contribution in [3.8, 4) is 0 Å². The molecule has 0 aromatic carbocycles. The van der Waals surface area contributed by atoms with E-state index in [1.165, 1.54) is 7.11 Å². The van der Waals surface area contributed by atoms with Gasteiger partial charge in [-0.2, -0.15) is 0 Å². The molecule has 0 saturated carbocycles. The van der Waals surface area contributed by atoms with Gasteiger partial charge >= 0.3 is 11.9 Å². The van der Waals surface area contributed by atoms with Gasteiger partial charge in [0.15, 0.2) is 0 Å². The Bertz CT molecular complexity index is 489. The molecule has 0 saturated heterocycles. The highest BCUT2D eigenvalue weighted by atomic mass is 16.5. The number of rotatable bonds is 8. The molecule has 7 heteroatoms. The van der Waals surface area contributed by atoms with Gasteiger partial charge in [0.05, 0.1) is 7.11 Å². The second-order valence-electron chi connectivity index (χ2n) is 4.43. The number of aliphatic carboxylic acids is 1. The number of aryl methyl sites for hydroxylation is 1. The maximum Gasteiger partial charge on any atom is 0.326 e. The molecule has 2 N–H and O–H groups in total. The van der Waals surface area contributed by atoms with Crippen LogP contribution in [-0.4, -0.2) is 41.1 Å². The molecule has 21 heavy (non-hydrogen) atoms. The number of carboxylic acids is 1. The summed E-state index contributed by atoms with van der Waals surface area (Å²) in [6.45, 7) is 0. The number of carbonyl (C=O) groups is 3. The number of amides is 1. The minimum atomic E-state index is -1.17. The van der Waals surface area contributed by atoms with E-state index in [0.717, 1.165) is 5.56 Å². The zero-order valence-electron chi connectivity index (χ0n) is 11.7. The van der Waals surface area contributed by atoms with Crippen molar-refractivity contribution >= 4 is 17.8 Å². The largest absolute Gasteiger partial charge is 0.480 e. The lowest BCUT2D eigenvalue weighted by Crippen LogP contribution is -2.41. The van der Waals surface area contributed by atoms with Crippen LogP contribution in [0.4, 0.5) is 0 Å². The highest BCUT2D eigenvalue weighted by molar-refractivity contribution is 5.84. The number of carboxylic acid groups (broad SMARTS) is 1. The summed E-state index contributed by atoms with van der Waals surface area (Å²) in [4.78, 5) is 37.7. The lowest BCUT2D eigenvalue weighted by molar-refractivity contribution is -0.144. The number of carbonyl (C=O) groups excluding carboxylic acids is 2. The third-order valence-corrected chi connectivity index (χ3v) is 2.86. The molecule has 0 fully saturated rings. The Labute approximate surface area is 122 Å². The zero-order chi connectivity index (χ0) is 15.7. The average Bonchev–Trinajstić information content (AvgIpc) is 2.49. The SMILES string of the molecule is COC(=O)CCC(NC(=O)CCc1cccnc1)C(=O)O. The van der Waals surface area contributed by atoms with Crippen LogP contribution in [-0.2, 0) is 25.5 Å². The smallest absolute Gasteiger partial charge is 0.326 e. The van der Waals surface area contributed by atoms with Crippen molar-refractivity contribution < 1.29 is 24.2 Å². The summed E-state index contributed by atoms with van der Waals surface area (Å²) in [6.07, 6.45) is 3.86. The van der Waals surface area contributed by atoms with Crippen molar-refractivity contribution in [2.45, 2.75) is 31.7 Å². The average molecular weight is 294 g/mol. The first-order chi connectivity index (χ1) is 10.0. The monoisotopic (exact) mass is 294 g/mol. The Morgan fingerprint density at radius 2 is 2.14 bits per heavy atom. The number of methoxy groups -OCH3 is 1. The molecule has 1 rings (SSSR count). The van der Waals surface area contributed by atoms with Crippen molar-refractivity contribution in [2.24, 2.45) is 0 Å². The minimum absolute atomic E-state index is 0.000634. The number of hydrogen-bond donors (Lipinski definition) is 2. The van der Waals surface area contributed by atoms with Gasteiger partial charge in [-0.25, -0.2) is 4.79 Å². The van der Waals surface area contributed by atoms with E-state index in [-0.39, 0.29) is 25.2 Å². The van der Waals surface area contributed by atoms with Crippen molar-refractivity contribution in [3.63, 3.8) is 0 Å². The summed E-state index contributed by atoms with van der Waals surface area (Å²) in [5.41, 5.74) is 0.897. The van der Waals surface area contributed by atoms with E-state index in [9.17, 15) is 14.4 Å². The minimum Gasteiger partial charge on any atom is -0.480 e. The summed E-state index contributed by atoms with van der Waals surface area (Å²) in [7, 11) is 1.23. The number of nitrogens with zero attached hydrogens (tertiary/aromatic N) is 1. The van der Waals surface area contributed by atoms with Crippen molar-refractivity contribution in [1.29, 1.82) is 0 Å². The van der Waals surface area contributed by atoms with Crippen LogP contribution in [0.15, 0.2) is 24.5 Å². The van der Waals surface area contributed by atoms with Gasteiger partial charge in [-0.1, -0.05) is 6.07 Å². The molecular formula is C14H18N2O5. The quantitative estimate of drug-likeness (QED) is 0.678. The van der Waals surface area contributed by atoms with E-state index in [1.54, 1.807) is 18.5 Å². The van der Waals surface area contributed by atoms with Crippen molar-refractivity contribution in [3.05, 3.63) is 30.1 Å². The molecule has 0 bridgehead atoms. The lowest BCUT2D eigenvalue weighted by atomic mass is 10.1. The molecule has 1 aromatic rings. The summed E-state index contributed by atoms with van der Waals surface area (Å²) >= 11 is 0. The molecule has 1 amide bonds. The maximum absolute atomic E-state index is 11.7. The molecule has 1 unspecified atom stereocenters.